The smallest absolute Gasteiger partial charge is 0.244 e. The lowest BCUT2D eigenvalue weighted by Crippen LogP contribution is -2.44. The largest absolute Gasteiger partial charge is 0.393 e. The Labute approximate surface area is 95.1 Å². The quantitative estimate of drug-likeness (QED) is 0.645. The summed E-state index contributed by atoms with van der Waals surface area (Å²) in [5.74, 6) is 1.64. The van der Waals surface area contributed by atoms with Gasteiger partial charge in [-0.2, -0.15) is 4.98 Å². The van der Waals surface area contributed by atoms with Crippen LogP contribution in [-0.4, -0.2) is 52.6 Å². The predicted octanol–water partition coefficient (Wildman–Crippen LogP) is -0.472. The molecule has 1 aliphatic heterocycles. The first-order valence-electron chi connectivity index (χ1n) is 5.80. The van der Waals surface area contributed by atoms with Crippen LogP contribution in [0.1, 0.15) is 19.2 Å². The third-order valence-corrected chi connectivity index (χ3v) is 2.72. The molecule has 0 saturated carbocycles. The summed E-state index contributed by atoms with van der Waals surface area (Å²) >= 11 is 0. The average Bonchev–Trinajstić information content (AvgIpc) is 2.76. The number of nitrogens with zero attached hydrogens (tertiary/aromatic N) is 3. The number of aliphatic hydroxyl groups is 1. The van der Waals surface area contributed by atoms with Crippen LogP contribution in [0.4, 0.5) is 5.95 Å². The summed E-state index contributed by atoms with van der Waals surface area (Å²) < 4.78 is 0. The predicted molar refractivity (Wildman–Crippen MR) is 61.5 cm³/mol. The van der Waals surface area contributed by atoms with Gasteiger partial charge in [0.15, 0.2) is 0 Å². The minimum absolute atomic E-state index is 0.285. The summed E-state index contributed by atoms with van der Waals surface area (Å²) in [6.07, 6.45) is 1.18. The Morgan fingerprint density at radius 3 is 2.88 bits per heavy atom. The molecule has 1 aromatic rings. The molecule has 0 aromatic carbocycles. The average molecular weight is 225 g/mol. The van der Waals surface area contributed by atoms with Crippen molar-refractivity contribution in [3.05, 3.63) is 5.82 Å². The van der Waals surface area contributed by atoms with Crippen LogP contribution in [0, 0.1) is 0 Å². The molecule has 3 N–H and O–H groups in total. The maximum atomic E-state index is 9.19. The molecule has 90 valence electrons. The molecule has 16 heavy (non-hydrogen) atoms. The maximum absolute atomic E-state index is 9.19. The van der Waals surface area contributed by atoms with E-state index < -0.39 is 0 Å². The van der Waals surface area contributed by atoms with Gasteiger partial charge in [-0.3, -0.25) is 5.10 Å². The van der Waals surface area contributed by atoms with Crippen LogP contribution in [0.15, 0.2) is 0 Å². The normalized spacial score (nSPS) is 18.8. The van der Waals surface area contributed by atoms with Gasteiger partial charge < -0.3 is 15.3 Å². The highest BCUT2D eigenvalue weighted by molar-refractivity contribution is 5.29. The summed E-state index contributed by atoms with van der Waals surface area (Å²) in [7, 11) is 0. The van der Waals surface area contributed by atoms with E-state index in [9.17, 15) is 5.11 Å². The van der Waals surface area contributed by atoms with Crippen molar-refractivity contribution in [1.82, 2.24) is 20.5 Å². The number of H-pyrrole nitrogens is 1. The number of aryl methyl sites for hydroxylation is 1. The molecule has 1 unspecified atom stereocenters. The van der Waals surface area contributed by atoms with E-state index in [2.05, 4.69) is 25.4 Å². The molecular formula is C10H19N5O. The van der Waals surface area contributed by atoms with Crippen molar-refractivity contribution in [2.75, 3.05) is 31.1 Å². The van der Waals surface area contributed by atoms with E-state index in [0.29, 0.717) is 0 Å². The van der Waals surface area contributed by atoms with Gasteiger partial charge in [0.05, 0.1) is 6.10 Å². The van der Waals surface area contributed by atoms with Crippen LogP contribution in [-0.2, 0) is 6.42 Å². The molecule has 2 rings (SSSR count). The summed E-state index contributed by atoms with van der Waals surface area (Å²) in [6.45, 7) is 5.66. The fourth-order valence-electron chi connectivity index (χ4n) is 1.75. The number of nitrogens with one attached hydrogen (secondary N) is 2. The Morgan fingerprint density at radius 2 is 2.19 bits per heavy atom. The Bertz CT molecular complexity index is 319. The van der Waals surface area contributed by atoms with Crippen molar-refractivity contribution in [2.24, 2.45) is 0 Å². The summed E-state index contributed by atoms with van der Waals surface area (Å²) in [5.41, 5.74) is 0. The van der Waals surface area contributed by atoms with Gasteiger partial charge in [0.25, 0.3) is 0 Å². The summed E-state index contributed by atoms with van der Waals surface area (Å²) in [4.78, 5) is 6.59. The van der Waals surface area contributed by atoms with Gasteiger partial charge in [-0.1, -0.05) is 0 Å². The molecule has 1 aliphatic rings. The van der Waals surface area contributed by atoms with Crippen molar-refractivity contribution in [1.29, 1.82) is 0 Å². The minimum Gasteiger partial charge on any atom is -0.393 e. The number of hydrogen-bond acceptors (Lipinski definition) is 5. The molecule has 1 aromatic heterocycles. The highest BCUT2D eigenvalue weighted by Crippen LogP contribution is 2.09. The molecular weight excluding hydrogens is 206 g/mol. The lowest BCUT2D eigenvalue weighted by molar-refractivity contribution is 0.184. The number of piperazine rings is 1. The molecule has 1 atom stereocenters. The molecule has 6 heteroatoms. The molecule has 2 heterocycles. The van der Waals surface area contributed by atoms with E-state index in [-0.39, 0.29) is 6.10 Å². The van der Waals surface area contributed by atoms with Gasteiger partial charge in [0.1, 0.15) is 5.82 Å². The van der Waals surface area contributed by atoms with Gasteiger partial charge in [-0.05, 0) is 13.3 Å². The molecule has 1 saturated heterocycles. The van der Waals surface area contributed by atoms with Crippen LogP contribution in [0.5, 0.6) is 0 Å². The first-order chi connectivity index (χ1) is 7.75. The first kappa shape index (κ1) is 11.3. The second-order valence-electron chi connectivity index (χ2n) is 4.21. The zero-order chi connectivity index (χ0) is 11.4. The molecule has 0 amide bonds. The van der Waals surface area contributed by atoms with E-state index in [1.54, 1.807) is 6.92 Å². The Morgan fingerprint density at radius 1 is 1.44 bits per heavy atom. The van der Waals surface area contributed by atoms with E-state index in [0.717, 1.165) is 50.8 Å². The van der Waals surface area contributed by atoms with Crippen molar-refractivity contribution in [3.8, 4) is 0 Å². The van der Waals surface area contributed by atoms with Gasteiger partial charge in [0, 0.05) is 32.6 Å². The molecule has 0 spiro atoms. The fraction of sp³-hybridized carbons (Fsp3) is 0.800. The van der Waals surface area contributed by atoms with Gasteiger partial charge >= 0.3 is 0 Å². The topological polar surface area (TPSA) is 77.1 Å². The lowest BCUT2D eigenvalue weighted by atomic mass is 10.2. The van der Waals surface area contributed by atoms with Gasteiger partial charge in [-0.25, -0.2) is 0 Å². The molecule has 0 radical (unpaired) electrons. The van der Waals surface area contributed by atoms with Crippen molar-refractivity contribution in [3.63, 3.8) is 0 Å². The Hall–Kier alpha value is -1.14. The third kappa shape index (κ3) is 2.93. The number of rotatable bonds is 4. The standard InChI is InChI=1S/C10H19N5O/c1-8(16)2-3-9-12-10(14-13-9)15-6-4-11-5-7-15/h8,11,16H,2-7H2,1H3,(H,12,13,14). The number of aromatic nitrogens is 3. The van der Waals surface area contributed by atoms with Crippen LogP contribution in [0.25, 0.3) is 0 Å². The molecule has 0 bridgehead atoms. The van der Waals surface area contributed by atoms with Crippen molar-refractivity contribution < 1.29 is 5.11 Å². The minimum atomic E-state index is -0.285. The molecule has 0 aliphatic carbocycles. The van der Waals surface area contributed by atoms with Gasteiger partial charge in [-0.15, -0.1) is 5.10 Å². The first-order valence-corrected chi connectivity index (χ1v) is 5.80. The number of anilines is 1. The molecule has 6 nitrogen and oxygen atoms in total. The van der Waals surface area contributed by atoms with Crippen LogP contribution in [0.3, 0.4) is 0 Å². The highest BCUT2D eigenvalue weighted by atomic mass is 16.3. The monoisotopic (exact) mass is 225 g/mol. The van der Waals surface area contributed by atoms with Gasteiger partial charge in [0.2, 0.25) is 5.95 Å². The zero-order valence-electron chi connectivity index (χ0n) is 9.61. The van der Waals surface area contributed by atoms with E-state index in [4.69, 9.17) is 0 Å². The zero-order valence-corrected chi connectivity index (χ0v) is 9.61. The maximum Gasteiger partial charge on any atom is 0.244 e. The Balaban J connectivity index is 1.90. The van der Waals surface area contributed by atoms with E-state index in [1.165, 1.54) is 0 Å². The lowest BCUT2D eigenvalue weighted by Gasteiger charge is -2.25. The van der Waals surface area contributed by atoms with Crippen molar-refractivity contribution in [2.45, 2.75) is 25.9 Å². The summed E-state index contributed by atoms with van der Waals surface area (Å²) in [6, 6.07) is 0. The number of aromatic amines is 1. The Kier molecular flexibility index (Phi) is 3.74. The second-order valence-corrected chi connectivity index (χ2v) is 4.21. The van der Waals surface area contributed by atoms with Crippen LogP contribution in [0.2, 0.25) is 0 Å². The third-order valence-electron chi connectivity index (χ3n) is 2.72. The fourth-order valence-corrected chi connectivity index (χ4v) is 1.75. The van der Waals surface area contributed by atoms with Crippen LogP contribution < -0.4 is 10.2 Å². The van der Waals surface area contributed by atoms with Crippen molar-refractivity contribution >= 4 is 5.95 Å². The SMILES string of the molecule is CC(O)CCc1nc(N2CCNCC2)n[nH]1. The van der Waals surface area contributed by atoms with E-state index in [1.807, 2.05) is 0 Å². The second kappa shape index (κ2) is 5.27. The molecule has 1 fully saturated rings. The highest BCUT2D eigenvalue weighted by Gasteiger charge is 2.14. The number of aliphatic hydroxyl groups excluding tert-OH is 1. The summed E-state index contributed by atoms with van der Waals surface area (Å²) in [5, 5.41) is 19.6. The van der Waals surface area contributed by atoms with Crippen LogP contribution >= 0.6 is 0 Å². The van der Waals surface area contributed by atoms with E-state index >= 15 is 0 Å². The number of hydrogen-bond donors (Lipinski definition) is 3.